The van der Waals surface area contributed by atoms with E-state index in [4.69, 9.17) is 16.6 Å². The number of carbonyl (C=O) groups excluding carboxylic acids is 1. The number of likely N-dealkylation sites (tertiary alicyclic amines) is 1. The van der Waals surface area contributed by atoms with Crippen molar-refractivity contribution in [3.8, 4) is 0 Å². The van der Waals surface area contributed by atoms with Crippen LogP contribution in [0.1, 0.15) is 60.4 Å². The normalized spacial score (nSPS) is 17.4. The standard InChI is InChI=1S/C21H26ClN5O/c1-3-4-12-27-19(22)18(14(2)25-27)21(28)26-11-7-8-15(13-26)20-23-16-9-5-6-10-17(16)24-20/h5-6,9-10,15H,3-4,7-8,11-13H2,1-2H3,(H,23,24). The van der Waals surface area contributed by atoms with Crippen molar-refractivity contribution in [2.75, 3.05) is 13.1 Å². The zero-order valence-electron chi connectivity index (χ0n) is 16.4. The number of hydrogen-bond acceptors (Lipinski definition) is 3. The fraction of sp³-hybridized carbons (Fsp3) is 0.476. The Morgan fingerprint density at radius 3 is 2.96 bits per heavy atom. The number of aryl methyl sites for hydroxylation is 2. The van der Waals surface area contributed by atoms with Gasteiger partial charge in [0, 0.05) is 25.6 Å². The minimum Gasteiger partial charge on any atom is -0.342 e. The van der Waals surface area contributed by atoms with Crippen LogP contribution in [0.2, 0.25) is 5.15 Å². The summed E-state index contributed by atoms with van der Waals surface area (Å²) in [5.74, 6) is 1.14. The van der Waals surface area contributed by atoms with Gasteiger partial charge < -0.3 is 9.88 Å². The Kier molecular flexibility index (Phi) is 5.40. The van der Waals surface area contributed by atoms with Gasteiger partial charge in [0.2, 0.25) is 0 Å². The van der Waals surface area contributed by atoms with Crippen LogP contribution in [0, 0.1) is 6.92 Å². The lowest BCUT2D eigenvalue weighted by Gasteiger charge is -2.31. The molecule has 6 nitrogen and oxygen atoms in total. The first kappa shape index (κ1) is 19.0. The lowest BCUT2D eigenvalue weighted by Crippen LogP contribution is -2.39. The average Bonchev–Trinajstić information content (AvgIpc) is 3.26. The lowest BCUT2D eigenvalue weighted by atomic mass is 9.97. The Bertz CT molecular complexity index is 959. The Balaban J connectivity index is 1.54. The van der Waals surface area contributed by atoms with Crippen LogP contribution in [0.3, 0.4) is 0 Å². The van der Waals surface area contributed by atoms with Crippen LogP contribution in [0.5, 0.6) is 0 Å². The molecule has 0 spiro atoms. The first-order valence-corrected chi connectivity index (χ1v) is 10.4. The molecular formula is C21H26ClN5O. The largest absolute Gasteiger partial charge is 0.342 e. The fourth-order valence-electron chi connectivity index (χ4n) is 3.96. The van der Waals surface area contributed by atoms with E-state index in [1.54, 1.807) is 4.68 Å². The third kappa shape index (κ3) is 3.53. The van der Waals surface area contributed by atoms with Gasteiger partial charge in [0.15, 0.2) is 0 Å². The summed E-state index contributed by atoms with van der Waals surface area (Å²) in [5.41, 5.74) is 3.26. The molecular weight excluding hydrogens is 374 g/mol. The molecule has 3 aromatic rings. The number of unbranched alkanes of at least 4 members (excludes halogenated alkanes) is 1. The van der Waals surface area contributed by atoms with Crippen molar-refractivity contribution in [2.24, 2.45) is 0 Å². The molecule has 3 heterocycles. The number of nitrogens with zero attached hydrogens (tertiary/aromatic N) is 4. The van der Waals surface area contributed by atoms with Crippen LogP contribution >= 0.6 is 11.6 Å². The number of amides is 1. The number of imidazole rings is 1. The summed E-state index contributed by atoms with van der Waals surface area (Å²) in [7, 11) is 0. The fourth-order valence-corrected chi connectivity index (χ4v) is 4.30. The van der Waals surface area contributed by atoms with Crippen molar-refractivity contribution >= 4 is 28.5 Å². The van der Waals surface area contributed by atoms with E-state index in [9.17, 15) is 4.79 Å². The number of benzene rings is 1. The van der Waals surface area contributed by atoms with Crippen LogP contribution in [0.15, 0.2) is 24.3 Å². The molecule has 148 valence electrons. The molecule has 1 saturated heterocycles. The summed E-state index contributed by atoms with van der Waals surface area (Å²) in [6.45, 7) is 6.12. The molecule has 4 rings (SSSR count). The highest BCUT2D eigenvalue weighted by Crippen LogP contribution is 2.29. The van der Waals surface area contributed by atoms with Crippen LogP contribution in [0.4, 0.5) is 0 Å². The number of nitrogens with one attached hydrogen (secondary N) is 1. The first-order valence-electron chi connectivity index (χ1n) is 10.0. The minimum absolute atomic E-state index is 0.0222. The Morgan fingerprint density at radius 1 is 1.36 bits per heavy atom. The number of aromatic nitrogens is 4. The quantitative estimate of drug-likeness (QED) is 0.684. The summed E-state index contributed by atoms with van der Waals surface area (Å²) < 4.78 is 1.76. The van der Waals surface area contributed by atoms with Crippen molar-refractivity contribution in [2.45, 2.75) is 52.0 Å². The van der Waals surface area contributed by atoms with E-state index in [2.05, 4.69) is 17.0 Å². The molecule has 1 N–H and O–H groups in total. The number of H-pyrrole nitrogens is 1. The second-order valence-electron chi connectivity index (χ2n) is 7.56. The molecule has 0 bridgehead atoms. The Morgan fingerprint density at radius 2 is 2.18 bits per heavy atom. The molecule has 1 atom stereocenters. The van der Waals surface area contributed by atoms with Crippen LogP contribution in [-0.4, -0.2) is 43.6 Å². The maximum Gasteiger partial charge on any atom is 0.258 e. The van der Waals surface area contributed by atoms with Crippen molar-refractivity contribution in [1.82, 2.24) is 24.6 Å². The summed E-state index contributed by atoms with van der Waals surface area (Å²) in [6, 6.07) is 8.03. The molecule has 0 radical (unpaired) electrons. The summed E-state index contributed by atoms with van der Waals surface area (Å²) >= 11 is 6.52. The monoisotopic (exact) mass is 399 g/mol. The lowest BCUT2D eigenvalue weighted by molar-refractivity contribution is 0.0704. The smallest absolute Gasteiger partial charge is 0.258 e. The number of aromatic amines is 1. The zero-order valence-corrected chi connectivity index (χ0v) is 17.2. The number of piperidine rings is 1. The first-order chi connectivity index (χ1) is 13.6. The molecule has 7 heteroatoms. The van der Waals surface area contributed by atoms with Crippen LogP contribution in [0.25, 0.3) is 11.0 Å². The maximum absolute atomic E-state index is 13.2. The van der Waals surface area contributed by atoms with Crippen molar-refractivity contribution in [3.05, 3.63) is 46.5 Å². The van der Waals surface area contributed by atoms with Gasteiger partial charge in [-0.25, -0.2) is 4.98 Å². The molecule has 1 fully saturated rings. The van der Waals surface area contributed by atoms with Gasteiger partial charge in [0.1, 0.15) is 11.0 Å². The molecule has 0 saturated carbocycles. The van der Waals surface area contributed by atoms with Crippen molar-refractivity contribution < 1.29 is 4.79 Å². The van der Waals surface area contributed by atoms with E-state index in [0.29, 0.717) is 23.0 Å². The predicted octanol–water partition coefficient (Wildman–Crippen LogP) is 4.54. The molecule has 2 aromatic heterocycles. The highest BCUT2D eigenvalue weighted by molar-refractivity contribution is 6.33. The van der Waals surface area contributed by atoms with Gasteiger partial charge in [-0.1, -0.05) is 37.1 Å². The van der Waals surface area contributed by atoms with E-state index >= 15 is 0 Å². The predicted molar refractivity (Wildman–Crippen MR) is 111 cm³/mol. The van der Waals surface area contributed by atoms with E-state index in [1.165, 1.54) is 0 Å². The molecule has 1 aliphatic rings. The third-order valence-electron chi connectivity index (χ3n) is 5.51. The number of halogens is 1. The van der Waals surface area contributed by atoms with Gasteiger partial charge in [-0.3, -0.25) is 9.48 Å². The van der Waals surface area contributed by atoms with E-state index in [1.807, 2.05) is 36.1 Å². The summed E-state index contributed by atoms with van der Waals surface area (Å²) in [4.78, 5) is 23.3. The van der Waals surface area contributed by atoms with E-state index in [0.717, 1.165) is 55.6 Å². The number of rotatable bonds is 5. The van der Waals surface area contributed by atoms with Gasteiger partial charge in [-0.2, -0.15) is 5.10 Å². The topological polar surface area (TPSA) is 66.8 Å². The summed E-state index contributed by atoms with van der Waals surface area (Å²) in [6.07, 6.45) is 4.02. The number of para-hydroxylation sites is 2. The molecule has 28 heavy (non-hydrogen) atoms. The van der Waals surface area contributed by atoms with Gasteiger partial charge >= 0.3 is 0 Å². The second kappa shape index (κ2) is 7.95. The van der Waals surface area contributed by atoms with Gasteiger partial charge in [-0.05, 0) is 38.3 Å². The average molecular weight is 400 g/mol. The maximum atomic E-state index is 13.2. The van der Waals surface area contributed by atoms with E-state index < -0.39 is 0 Å². The number of hydrogen-bond donors (Lipinski definition) is 1. The molecule has 1 amide bonds. The number of carbonyl (C=O) groups is 1. The Labute approximate surface area is 169 Å². The number of fused-ring (bicyclic) bond motifs is 1. The van der Waals surface area contributed by atoms with Crippen molar-refractivity contribution in [1.29, 1.82) is 0 Å². The molecule has 1 aromatic carbocycles. The van der Waals surface area contributed by atoms with Gasteiger partial charge in [0.25, 0.3) is 5.91 Å². The van der Waals surface area contributed by atoms with Crippen molar-refractivity contribution in [3.63, 3.8) is 0 Å². The molecule has 0 aliphatic carbocycles. The SMILES string of the molecule is CCCCn1nc(C)c(C(=O)N2CCCC(c3nc4ccccc4[nH]3)C2)c1Cl. The molecule has 1 unspecified atom stereocenters. The highest BCUT2D eigenvalue weighted by atomic mass is 35.5. The Hall–Kier alpha value is -2.34. The van der Waals surface area contributed by atoms with Crippen LogP contribution in [-0.2, 0) is 6.54 Å². The summed E-state index contributed by atoms with van der Waals surface area (Å²) in [5, 5.41) is 4.95. The van der Waals surface area contributed by atoms with Gasteiger partial charge in [0.05, 0.1) is 22.3 Å². The van der Waals surface area contributed by atoms with Crippen LogP contribution < -0.4 is 0 Å². The zero-order chi connectivity index (χ0) is 19.7. The highest BCUT2D eigenvalue weighted by Gasteiger charge is 2.30. The third-order valence-corrected chi connectivity index (χ3v) is 5.89. The minimum atomic E-state index is -0.0222. The van der Waals surface area contributed by atoms with Gasteiger partial charge in [-0.15, -0.1) is 0 Å². The second-order valence-corrected chi connectivity index (χ2v) is 7.92. The molecule has 1 aliphatic heterocycles. The van der Waals surface area contributed by atoms with E-state index in [-0.39, 0.29) is 11.8 Å².